The Morgan fingerprint density at radius 2 is 1.69 bits per heavy atom. The molecule has 3 aromatic carbocycles. The minimum absolute atomic E-state index is 0.222. The van der Waals surface area contributed by atoms with Crippen LogP contribution in [0.1, 0.15) is 35.0 Å². The van der Waals surface area contributed by atoms with Crippen molar-refractivity contribution in [2.75, 3.05) is 0 Å². The summed E-state index contributed by atoms with van der Waals surface area (Å²) in [6.07, 6.45) is 1.81. The Labute approximate surface area is 175 Å². The molecule has 0 saturated heterocycles. The molecule has 5 rings (SSSR count). The lowest BCUT2D eigenvalue weighted by Gasteiger charge is -2.07. The second-order valence-corrected chi connectivity index (χ2v) is 7.68. The highest BCUT2D eigenvalue weighted by molar-refractivity contribution is 6.11. The molecule has 0 N–H and O–H groups in total. The highest BCUT2D eigenvalue weighted by Gasteiger charge is 2.16. The molecular formula is C27H23NO. The molecule has 0 aliphatic heterocycles. The first-order chi connectivity index (χ1) is 15.3. The summed E-state index contributed by atoms with van der Waals surface area (Å²) >= 11 is 0. The van der Waals surface area contributed by atoms with Gasteiger partial charge in [-0.15, -0.1) is 0 Å². The van der Waals surface area contributed by atoms with Gasteiger partial charge in [-0.1, -0.05) is 56.3 Å². The van der Waals surface area contributed by atoms with Crippen LogP contribution in [0.2, 0.25) is 0 Å². The molecule has 2 nitrogen and oxygen atoms in total. The fourth-order valence-corrected chi connectivity index (χ4v) is 3.85. The van der Waals surface area contributed by atoms with Crippen molar-refractivity contribution in [2.45, 2.75) is 26.6 Å². The Morgan fingerprint density at radius 3 is 2.48 bits per heavy atom. The van der Waals surface area contributed by atoms with Gasteiger partial charge in [0.25, 0.3) is 0 Å². The van der Waals surface area contributed by atoms with Gasteiger partial charge in [-0.25, -0.2) is 0 Å². The molecule has 0 atom stereocenters. The number of furan rings is 1. The topological polar surface area (TPSA) is 26.0 Å². The van der Waals surface area contributed by atoms with Crippen molar-refractivity contribution in [1.29, 1.82) is 0 Å². The minimum Gasteiger partial charge on any atom is -0.455 e. The zero-order valence-corrected chi connectivity index (χ0v) is 16.4. The number of aryl methyl sites for hydroxylation is 1. The number of pyridine rings is 1. The van der Waals surface area contributed by atoms with E-state index in [0.29, 0.717) is 17.1 Å². The maximum absolute atomic E-state index is 8.14. The largest absolute Gasteiger partial charge is 0.455 e. The molecule has 0 bridgehead atoms. The van der Waals surface area contributed by atoms with Crippen molar-refractivity contribution < 1.29 is 8.53 Å². The van der Waals surface area contributed by atoms with E-state index in [1.54, 1.807) is 6.07 Å². The summed E-state index contributed by atoms with van der Waals surface area (Å²) in [5.41, 5.74) is 5.99. The van der Waals surface area contributed by atoms with Gasteiger partial charge in [0.1, 0.15) is 11.2 Å². The third kappa shape index (κ3) is 3.01. The quantitative estimate of drug-likeness (QED) is 0.320. The maximum Gasteiger partial charge on any atom is 0.144 e. The Morgan fingerprint density at radius 1 is 0.828 bits per heavy atom. The van der Waals surface area contributed by atoms with Crippen molar-refractivity contribution >= 4 is 21.9 Å². The minimum atomic E-state index is -2.30. The average molecular weight is 381 g/mol. The van der Waals surface area contributed by atoms with E-state index < -0.39 is 6.85 Å². The molecule has 0 radical (unpaired) electrons. The summed E-state index contributed by atoms with van der Waals surface area (Å²) in [6, 6.07) is 23.6. The number of rotatable bonds is 3. The number of fused-ring (bicyclic) bond motifs is 3. The van der Waals surface area contributed by atoms with Crippen LogP contribution >= 0.6 is 0 Å². The average Bonchev–Trinajstić information content (AvgIpc) is 3.17. The number of hydrogen-bond donors (Lipinski definition) is 0. The molecule has 0 unspecified atom stereocenters. The van der Waals surface area contributed by atoms with Crippen LogP contribution in [0.15, 0.2) is 83.4 Å². The number of hydrogen-bond acceptors (Lipinski definition) is 2. The van der Waals surface area contributed by atoms with Gasteiger partial charge in [0.2, 0.25) is 0 Å². The molecule has 2 heterocycles. The fourth-order valence-electron chi connectivity index (χ4n) is 3.85. The van der Waals surface area contributed by atoms with E-state index in [2.05, 4.69) is 24.9 Å². The van der Waals surface area contributed by atoms with Crippen molar-refractivity contribution in [3.63, 3.8) is 0 Å². The highest BCUT2D eigenvalue weighted by Crippen LogP contribution is 2.38. The Bertz CT molecular complexity index is 1430. The van der Waals surface area contributed by atoms with Crippen molar-refractivity contribution in [3.8, 4) is 22.4 Å². The van der Waals surface area contributed by atoms with Crippen molar-refractivity contribution in [1.82, 2.24) is 4.98 Å². The number of aromatic nitrogens is 1. The third-order valence-corrected chi connectivity index (χ3v) is 5.43. The van der Waals surface area contributed by atoms with E-state index in [1.807, 2.05) is 66.9 Å². The molecule has 142 valence electrons. The van der Waals surface area contributed by atoms with E-state index >= 15 is 0 Å². The predicted molar refractivity (Wildman–Crippen MR) is 121 cm³/mol. The van der Waals surface area contributed by atoms with Gasteiger partial charge >= 0.3 is 0 Å². The summed E-state index contributed by atoms with van der Waals surface area (Å²) in [5.74, 6) is 0.377. The molecule has 0 amide bonds. The van der Waals surface area contributed by atoms with Crippen LogP contribution < -0.4 is 0 Å². The van der Waals surface area contributed by atoms with Gasteiger partial charge in [-0.05, 0) is 65.4 Å². The number of nitrogens with zero attached hydrogens (tertiary/aromatic N) is 1. The second-order valence-electron chi connectivity index (χ2n) is 7.68. The van der Waals surface area contributed by atoms with E-state index in [4.69, 9.17) is 8.53 Å². The first kappa shape index (κ1) is 14.6. The third-order valence-electron chi connectivity index (χ3n) is 5.43. The first-order valence-electron chi connectivity index (χ1n) is 11.3. The molecule has 0 aliphatic rings. The summed E-state index contributed by atoms with van der Waals surface area (Å²) < 4.78 is 30.7. The molecule has 0 spiro atoms. The number of benzene rings is 3. The van der Waals surface area contributed by atoms with Crippen LogP contribution in [0.3, 0.4) is 0 Å². The molecule has 29 heavy (non-hydrogen) atoms. The van der Waals surface area contributed by atoms with Gasteiger partial charge in [0, 0.05) is 26.6 Å². The summed E-state index contributed by atoms with van der Waals surface area (Å²) in [5, 5.41) is 1.69. The van der Waals surface area contributed by atoms with Gasteiger partial charge < -0.3 is 4.42 Å². The monoisotopic (exact) mass is 380 g/mol. The normalized spacial score (nSPS) is 13.6. The zero-order valence-electron chi connectivity index (χ0n) is 19.4. The maximum atomic E-state index is 8.14. The molecule has 0 fully saturated rings. The number of para-hydroxylation sites is 1. The van der Waals surface area contributed by atoms with Gasteiger partial charge in [0.15, 0.2) is 0 Å². The van der Waals surface area contributed by atoms with Crippen LogP contribution in [-0.4, -0.2) is 4.98 Å². The molecule has 0 aliphatic carbocycles. The van der Waals surface area contributed by atoms with Crippen molar-refractivity contribution in [3.05, 3.63) is 90.1 Å². The van der Waals surface area contributed by atoms with E-state index in [9.17, 15) is 0 Å². The van der Waals surface area contributed by atoms with Crippen LogP contribution in [0.5, 0.6) is 0 Å². The standard InChI is InChI=1S/C27H23NO/c1-17(2)20-12-13-28-25(16-20)23-11-7-10-22-24-15-21(19-8-5-4-6-9-19)14-18(3)26(24)29-27(22)23/h4-17H,1-3H3/i3D3. The lowest BCUT2D eigenvalue weighted by atomic mass is 9.98. The summed E-state index contributed by atoms with van der Waals surface area (Å²) in [4.78, 5) is 4.58. The highest BCUT2D eigenvalue weighted by atomic mass is 16.3. The summed E-state index contributed by atoms with van der Waals surface area (Å²) in [7, 11) is 0. The van der Waals surface area contributed by atoms with Crippen LogP contribution in [0.4, 0.5) is 0 Å². The van der Waals surface area contributed by atoms with Crippen LogP contribution in [-0.2, 0) is 0 Å². The van der Waals surface area contributed by atoms with Crippen LogP contribution in [0.25, 0.3) is 44.3 Å². The Kier molecular flexibility index (Phi) is 3.47. The van der Waals surface area contributed by atoms with E-state index in [1.165, 1.54) is 5.56 Å². The zero-order chi connectivity index (χ0) is 22.5. The molecular weight excluding hydrogens is 354 g/mol. The smallest absolute Gasteiger partial charge is 0.144 e. The van der Waals surface area contributed by atoms with Crippen molar-refractivity contribution in [2.24, 2.45) is 0 Å². The molecule has 2 heteroatoms. The Balaban J connectivity index is 1.82. The van der Waals surface area contributed by atoms with E-state index in [0.717, 1.165) is 33.2 Å². The predicted octanol–water partition coefficient (Wildman–Crippen LogP) is 7.75. The first-order valence-corrected chi connectivity index (χ1v) is 9.84. The fraction of sp³-hybridized carbons (Fsp3) is 0.148. The SMILES string of the molecule is [2H]C([2H])([2H])c1cc(-c2ccccc2)cc2c1oc1c(-c3cc(C(C)C)ccn3)cccc12. The van der Waals surface area contributed by atoms with Gasteiger partial charge in [0.05, 0.1) is 5.69 Å². The van der Waals surface area contributed by atoms with Gasteiger partial charge in [-0.3, -0.25) is 4.98 Å². The van der Waals surface area contributed by atoms with Crippen LogP contribution in [0, 0.1) is 6.85 Å². The molecule has 0 saturated carbocycles. The van der Waals surface area contributed by atoms with E-state index in [-0.39, 0.29) is 5.56 Å². The lowest BCUT2D eigenvalue weighted by molar-refractivity contribution is 0.666. The second kappa shape index (κ2) is 6.89. The molecule has 2 aromatic heterocycles. The van der Waals surface area contributed by atoms with Gasteiger partial charge in [-0.2, -0.15) is 0 Å². The lowest BCUT2D eigenvalue weighted by Crippen LogP contribution is -1.90. The summed E-state index contributed by atoms with van der Waals surface area (Å²) in [6.45, 7) is 2.00. The Hall–Kier alpha value is -3.39. The molecule has 5 aromatic rings.